The summed E-state index contributed by atoms with van der Waals surface area (Å²) < 4.78 is 0. The number of anilines is 1. The van der Waals surface area contributed by atoms with Crippen molar-refractivity contribution >= 4 is 11.4 Å². The zero-order chi connectivity index (χ0) is 13.4. The first-order valence-corrected chi connectivity index (χ1v) is 6.62. The van der Waals surface area contributed by atoms with Crippen LogP contribution >= 0.6 is 0 Å². The molecule has 0 amide bonds. The van der Waals surface area contributed by atoms with Gasteiger partial charge in [-0.25, -0.2) is 0 Å². The highest BCUT2D eigenvalue weighted by Gasteiger charge is 2.00. The summed E-state index contributed by atoms with van der Waals surface area (Å²) in [5, 5.41) is 6.64. The number of hydrogen-bond donors (Lipinski definition) is 0. The molecule has 2 heteroatoms. The molecule has 1 rings (SSSR count). The van der Waals surface area contributed by atoms with Crippen LogP contribution < -0.4 is 5.01 Å². The van der Waals surface area contributed by atoms with Gasteiger partial charge < -0.3 is 0 Å². The molecule has 0 saturated heterocycles. The van der Waals surface area contributed by atoms with Crippen molar-refractivity contribution in [1.82, 2.24) is 0 Å². The summed E-state index contributed by atoms with van der Waals surface area (Å²) in [7, 11) is 2.01. The molecule has 0 spiro atoms. The van der Waals surface area contributed by atoms with Crippen molar-refractivity contribution in [2.75, 3.05) is 12.1 Å². The van der Waals surface area contributed by atoms with Crippen LogP contribution in [0.1, 0.15) is 40.0 Å². The second kappa shape index (κ2) is 7.70. The predicted octanol–water partition coefficient (Wildman–Crippen LogP) is 4.64. The van der Waals surface area contributed by atoms with Crippen molar-refractivity contribution in [2.24, 2.45) is 5.10 Å². The van der Waals surface area contributed by atoms with Gasteiger partial charge in [-0.05, 0) is 45.2 Å². The van der Waals surface area contributed by atoms with E-state index in [2.05, 4.69) is 44.1 Å². The SMILES string of the molecule is CC/C(CCC=C(C)C)=N/N(C)c1ccccc1. The molecule has 0 heterocycles. The highest BCUT2D eigenvalue weighted by atomic mass is 15.4. The van der Waals surface area contributed by atoms with Crippen LogP contribution in [0.15, 0.2) is 47.1 Å². The number of nitrogens with zero attached hydrogens (tertiary/aromatic N) is 2. The second-order valence-electron chi connectivity index (χ2n) is 4.70. The lowest BCUT2D eigenvalue weighted by molar-refractivity contribution is 0.955. The number of rotatable bonds is 6. The number of para-hydroxylation sites is 1. The van der Waals surface area contributed by atoms with E-state index in [1.165, 1.54) is 11.3 Å². The van der Waals surface area contributed by atoms with E-state index in [0.717, 1.165) is 24.9 Å². The molecule has 1 aromatic carbocycles. The van der Waals surface area contributed by atoms with Crippen molar-refractivity contribution in [2.45, 2.75) is 40.0 Å². The molecule has 1 aromatic rings. The molecule has 0 saturated carbocycles. The van der Waals surface area contributed by atoms with E-state index in [1.807, 2.05) is 30.3 Å². The zero-order valence-corrected chi connectivity index (χ0v) is 12.0. The summed E-state index contributed by atoms with van der Waals surface area (Å²) in [6.07, 6.45) is 5.40. The monoisotopic (exact) mass is 244 g/mol. The molecule has 98 valence electrons. The van der Waals surface area contributed by atoms with Gasteiger partial charge in [0.2, 0.25) is 0 Å². The van der Waals surface area contributed by atoms with E-state index in [9.17, 15) is 0 Å². The fourth-order valence-electron chi connectivity index (χ4n) is 1.74. The van der Waals surface area contributed by atoms with Crippen molar-refractivity contribution in [3.63, 3.8) is 0 Å². The van der Waals surface area contributed by atoms with Crippen LogP contribution in [0.3, 0.4) is 0 Å². The van der Waals surface area contributed by atoms with E-state index in [0.29, 0.717) is 0 Å². The molecule has 0 unspecified atom stereocenters. The van der Waals surface area contributed by atoms with Crippen LogP contribution in [0.4, 0.5) is 5.69 Å². The molecule has 0 aliphatic carbocycles. The summed E-state index contributed by atoms with van der Waals surface area (Å²) in [6.45, 7) is 6.44. The number of benzene rings is 1. The first-order valence-electron chi connectivity index (χ1n) is 6.62. The Kier molecular flexibility index (Phi) is 6.20. The van der Waals surface area contributed by atoms with Crippen LogP contribution in [0, 0.1) is 0 Å². The number of hydrazone groups is 1. The van der Waals surface area contributed by atoms with Crippen molar-refractivity contribution < 1.29 is 0 Å². The molecule has 2 nitrogen and oxygen atoms in total. The lowest BCUT2D eigenvalue weighted by Gasteiger charge is -2.15. The molecule has 0 aromatic heterocycles. The fraction of sp³-hybridized carbons (Fsp3) is 0.438. The quantitative estimate of drug-likeness (QED) is 0.404. The third kappa shape index (κ3) is 5.17. The predicted molar refractivity (Wildman–Crippen MR) is 81.2 cm³/mol. The highest BCUT2D eigenvalue weighted by molar-refractivity contribution is 5.85. The van der Waals surface area contributed by atoms with Gasteiger partial charge in [-0.1, -0.05) is 36.8 Å². The first-order chi connectivity index (χ1) is 8.63. The maximum atomic E-state index is 4.68. The van der Waals surface area contributed by atoms with Gasteiger partial charge in [-0.15, -0.1) is 0 Å². The van der Waals surface area contributed by atoms with E-state index in [1.54, 1.807) is 0 Å². The molecule has 0 aliphatic rings. The third-order valence-electron chi connectivity index (χ3n) is 2.81. The van der Waals surface area contributed by atoms with Crippen molar-refractivity contribution in [3.8, 4) is 0 Å². The summed E-state index contributed by atoms with van der Waals surface area (Å²) in [6, 6.07) is 10.3. The molecule has 0 bridgehead atoms. The van der Waals surface area contributed by atoms with Gasteiger partial charge in [-0.2, -0.15) is 5.10 Å². The first kappa shape index (κ1) is 14.5. The number of hydrogen-bond acceptors (Lipinski definition) is 2. The topological polar surface area (TPSA) is 15.6 Å². The van der Waals surface area contributed by atoms with E-state index < -0.39 is 0 Å². The normalized spacial score (nSPS) is 11.2. The summed E-state index contributed by atoms with van der Waals surface area (Å²) in [5.41, 5.74) is 3.76. The molecule has 0 N–H and O–H groups in total. The van der Waals surface area contributed by atoms with Crippen LogP contribution in [-0.4, -0.2) is 12.8 Å². The standard InChI is InChI=1S/C16H24N2/c1-5-15(11-9-10-14(2)3)17-18(4)16-12-7-6-8-13-16/h6-8,10,12-13H,5,9,11H2,1-4H3/b17-15-. The highest BCUT2D eigenvalue weighted by Crippen LogP contribution is 2.12. The molecule has 0 atom stereocenters. The maximum Gasteiger partial charge on any atom is 0.0590 e. The average molecular weight is 244 g/mol. The summed E-state index contributed by atoms with van der Waals surface area (Å²) in [5.74, 6) is 0. The molecule has 18 heavy (non-hydrogen) atoms. The van der Waals surface area contributed by atoms with E-state index in [-0.39, 0.29) is 0 Å². The number of allylic oxidation sites excluding steroid dienone is 2. The smallest absolute Gasteiger partial charge is 0.0590 e. The fourth-order valence-corrected chi connectivity index (χ4v) is 1.74. The zero-order valence-electron chi connectivity index (χ0n) is 12.0. The Morgan fingerprint density at radius 2 is 1.89 bits per heavy atom. The third-order valence-corrected chi connectivity index (χ3v) is 2.81. The summed E-state index contributed by atoms with van der Waals surface area (Å²) in [4.78, 5) is 0. The molecule has 0 radical (unpaired) electrons. The van der Waals surface area contributed by atoms with Gasteiger partial charge in [0, 0.05) is 12.8 Å². The molecule has 0 fully saturated rings. The van der Waals surface area contributed by atoms with Crippen LogP contribution in [-0.2, 0) is 0 Å². The molecular formula is C16H24N2. The summed E-state index contributed by atoms with van der Waals surface area (Å²) >= 11 is 0. The van der Waals surface area contributed by atoms with Crippen LogP contribution in [0.5, 0.6) is 0 Å². The lowest BCUT2D eigenvalue weighted by Crippen LogP contribution is -2.12. The maximum absolute atomic E-state index is 4.68. The van der Waals surface area contributed by atoms with Gasteiger partial charge in [-0.3, -0.25) is 5.01 Å². The Labute approximate surface area is 111 Å². The van der Waals surface area contributed by atoms with Crippen molar-refractivity contribution in [1.29, 1.82) is 0 Å². The lowest BCUT2D eigenvalue weighted by atomic mass is 10.1. The average Bonchev–Trinajstić information content (AvgIpc) is 2.38. The van der Waals surface area contributed by atoms with Gasteiger partial charge in [0.25, 0.3) is 0 Å². The minimum absolute atomic E-state index is 1.01. The van der Waals surface area contributed by atoms with Gasteiger partial charge in [0.15, 0.2) is 0 Å². The van der Waals surface area contributed by atoms with E-state index in [4.69, 9.17) is 0 Å². The Morgan fingerprint density at radius 1 is 1.22 bits per heavy atom. The Morgan fingerprint density at radius 3 is 2.44 bits per heavy atom. The van der Waals surface area contributed by atoms with Crippen LogP contribution in [0.2, 0.25) is 0 Å². The Hall–Kier alpha value is -1.57. The minimum atomic E-state index is 1.01. The van der Waals surface area contributed by atoms with E-state index >= 15 is 0 Å². The second-order valence-corrected chi connectivity index (χ2v) is 4.70. The minimum Gasteiger partial charge on any atom is -0.269 e. The van der Waals surface area contributed by atoms with Gasteiger partial charge in [0.1, 0.15) is 0 Å². The Balaban J connectivity index is 2.64. The molecule has 0 aliphatic heterocycles. The Bertz CT molecular complexity index is 400. The van der Waals surface area contributed by atoms with Crippen LogP contribution in [0.25, 0.3) is 0 Å². The van der Waals surface area contributed by atoms with Gasteiger partial charge in [0.05, 0.1) is 5.69 Å². The molecular weight excluding hydrogens is 220 g/mol. The van der Waals surface area contributed by atoms with Crippen molar-refractivity contribution in [3.05, 3.63) is 42.0 Å². The van der Waals surface area contributed by atoms with Gasteiger partial charge >= 0.3 is 0 Å². The largest absolute Gasteiger partial charge is 0.269 e.